The lowest BCUT2D eigenvalue weighted by atomic mass is 10.2. The summed E-state index contributed by atoms with van der Waals surface area (Å²) in [7, 11) is 0. The van der Waals surface area contributed by atoms with Crippen LogP contribution in [0.5, 0.6) is 0 Å². The Labute approximate surface area is 103 Å². The number of hydrogen-bond acceptors (Lipinski definition) is 1. The predicted molar refractivity (Wildman–Crippen MR) is 59.7 cm³/mol. The smallest absolute Gasteiger partial charge is 0.229 e. The second-order valence-electron chi connectivity index (χ2n) is 2.12. The van der Waals surface area contributed by atoms with E-state index in [2.05, 4.69) is 15.9 Å². The van der Waals surface area contributed by atoms with Gasteiger partial charge in [-0.1, -0.05) is 46.4 Å². The summed E-state index contributed by atoms with van der Waals surface area (Å²) >= 11 is 25.6. The van der Waals surface area contributed by atoms with Gasteiger partial charge in [0.25, 0.3) is 0 Å². The lowest BCUT2D eigenvalue weighted by Gasteiger charge is -2.04. The Morgan fingerprint density at radius 3 is 2.08 bits per heavy atom. The molecular weight excluding hydrogens is 322 g/mol. The summed E-state index contributed by atoms with van der Waals surface area (Å²) in [6, 6.07) is 1.36. The van der Waals surface area contributed by atoms with Gasteiger partial charge in [0, 0.05) is 0 Å². The van der Waals surface area contributed by atoms with Crippen LogP contribution in [0.1, 0.15) is 10.4 Å². The first-order valence-corrected chi connectivity index (χ1v) is 5.28. The zero-order valence-electron chi connectivity index (χ0n) is 5.88. The van der Waals surface area contributed by atoms with E-state index in [0.29, 0.717) is 0 Å². The molecule has 0 saturated carbocycles. The maximum atomic E-state index is 11.0. The van der Waals surface area contributed by atoms with Gasteiger partial charge in [0.1, 0.15) is 0 Å². The van der Waals surface area contributed by atoms with Crippen LogP contribution in [0.2, 0.25) is 20.1 Å². The topological polar surface area (TPSA) is 17.1 Å². The number of hydrogen-bond donors (Lipinski definition) is 0. The van der Waals surface area contributed by atoms with Crippen LogP contribution in [0.4, 0.5) is 0 Å². The Balaban J connectivity index is 3.50. The van der Waals surface area contributed by atoms with E-state index in [-0.39, 0.29) is 25.7 Å². The second-order valence-corrected chi connectivity index (χ2v) is 4.38. The highest BCUT2D eigenvalue weighted by molar-refractivity contribution is 9.18. The standard InChI is InChI=1S/C7HBrCl4O/c8-7(13)2-1-3(9)5(11)6(12)4(2)10/h1H. The highest BCUT2D eigenvalue weighted by Gasteiger charge is 2.16. The molecule has 0 spiro atoms. The Hall–Kier alpha value is 0.530. The molecule has 0 radical (unpaired) electrons. The van der Waals surface area contributed by atoms with Gasteiger partial charge in [0.2, 0.25) is 4.69 Å². The van der Waals surface area contributed by atoms with Crippen molar-refractivity contribution in [2.24, 2.45) is 0 Å². The third-order valence-electron chi connectivity index (χ3n) is 1.31. The van der Waals surface area contributed by atoms with Crippen LogP contribution in [0.25, 0.3) is 0 Å². The molecule has 1 rings (SSSR count). The zero-order valence-corrected chi connectivity index (χ0v) is 10.5. The third-order valence-corrected chi connectivity index (χ3v) is 3.49. The van der Waals surface area contributed by atoms with Crippen molar-refractivity contribution in [3.63, 3.8) is 0 Å². The largest absolute Gasteiger partial charge is 0.281 e. The molecule has 0 aromatic heterocycles. The molecule has 0 unspecified atom stereocenters. The van der Waals surface area contributed by atoms with Gasteiger partial charge < -0.3 is 0 Å². The summed E-state index contributed by atoms with van der Waals surface area (Å²) in [4.78, 5) is 11.0. The van der Waals surface area contributed by atoms with Crippen molar-refractivity contribution in [2.45, 2.75) is 0 Å². The quantitative estimate of drug-likeness (QED) is 0.411. The fourth-order valence-corrected chi connectivity index (χ4v) is 2.03. The van der Waals surface area contributed by atoms with Crippen molar-refractivity contribution in [3.05, 3.63) is 31.7 Å². The molecule has 0 heterocycles. The first-order chi connectivity index (χ1) is 5.95. The minimum atomic E-state index is -0.391. The summed E-state index contributed by atoms with van der Waals surface area (Å²) in [5.41, 5.74) is 0.195. The molecule has 13 heavy (non-hydrogen) atoms. The lowest BCUT2D eigenvalue weighted by Crippen LogP contribution is -1.91. The monoisotopic (exact) mass is 320 g/mol. The molecule has 1 nitrogen and oxygen atoms in total. The van der Waals surface area contributed by atoms with E-state index in [1.165, 1.54) is 6.07 Å². The summed E-state index contributed by atoms with van der Waals surface area (Å²) in [6.45, 7) is 0. The zero-order chi connectivity index (χ0) is 10.2. The van der Waals surface area contributed by atoms with Crippen LogP contribution in [0.3, 0.4) is 0 Å². The summed E-state index contributed by atoms with van der Waals surface area (Å²) in [5, 5.41) is 0.515. The molecule has 6 heteroatoms. The summed E-state index contributed by atoms with van der Waals surface area (Å²) in [5.74, 6) is 0. The maximum Gasteiger partial charge on any atom is 0.229 e. The van der Waals surface area contributed by atoms with Crippen LogP contribution < -0.4 is 0 Å². The Morgan fingerprint density at radius 1 is 1.08 bits per heavy atom. The van der Waals surface area contributed by atoms with Crippen LogP contribution in [0.15, 0.2) is 6.07 Å². The number of carbonyl (C=O) groups excluding carboxylic acids is 1. The van der Waals surface area contributed by atoms with Gasteiger partial charge in [-0.05, 0) is 22.0 Å². The van der Waals surface area contributed by atoms with E-state index in [1.54, 1.807) is 0 Å². The van der Waals surface area contributed by atoms with E-state index in [0.717, 1.165) is 0 Å². The summed E-state index contributed by atoms with van der Waals surface area (Å²) < 4.78 is -0.391. The first kappa shape index (κ1) is 11.6. The minimum absolute atomic E-state index is 0.0821. The molecule has 0 aliphatic rings. The molecule has 0 fully saturated rings. The lowest BCUT2D eigenvalue weighted by molar-refractivity contribution is 0.109. The van der Waals surface area contributed by atoms with E-state index < -0.39 is 4.69 Å². The van der Waals surface area contributed by atoms with Gasteiger partial charge in [-0.25, -0.2) is 0 Å². The van der Waals surface area contributed by atoms with E-state index >= 15 is 0 Å². The highest BCUT2D eigenvalue weighted by Crippen LogP contribution is 2.38. The Bertz CT molecular complexity index is 377. The molecule has 1 aromatic rings. The number of carbonyl (C=O) groups is 1. The number of benzene rings is 1. The summed E-state index contributed by atoms with van der Waals surface area (Å²) in [6.07, 6.45) is 0. The van der Waals surface area contributed by atoms with Crippen LogP contribution >= 0.6 is 62.3 Å². The molecule has 1 aromatic carbocycles. The predicted octanol–water partition coefficient (Wildman–Crippen LogP) is 4.84. The molecule has 0 N–H and O–H groups in total. The van der Waals surface area contributed by atoms with Crippen LogP contribution in [-0.4, -0.2) is 4.69 Å². The number of halogens is 5. The minimum Gasteiger partial charge on any atom is -0.281 e. The molecule has 0 saturated heterocycles. The molecule has 0 aliphatic carbocycles. The Kier molecular flexibility index (Phi) is 3.90. The molecule has 0 bridgehead atoms. The molecule has 0 atom stereocenters. The fourth-order valence-electron chi connectivity index (χ4n) is 0.716. The molecule has 0 aliphatic heterocycles. The van der Waals surface area contributed by atoms with E-state index in [4.69, 9.17) is 46.4 Å². The average molecular weight is 323 g/mol. The van der Waals surface area contributed by atoms with Gasteiger partial charge >= 0.3 is 0 Å². The van der Waals surface area contributed by atoms with Gasteiger partial charge in [-0.3, -0.25) is 4.79 Å². The van der Waals surface area contributed by atoms with Crippen molar-refractivity contribution < 1.29 is 4.79 Å². The van der Waals surface area contributed by atoms with Crippen molar-refractivity contribution >= 4 is 67.0 Å². The normalized spacial score (nSPS) is 10.2. The van der Waals surface area contributed by atoms with E-state index in [1.807, 2.05) is 0 Å². The highest BCUT2D eigenvalue weighted by atomic mass is 79.9. The maximum absolute atomic E-state index is 11.0. The van der Waals surface area contributed by atoms with E-state index in [9.17, 15) is 4.79 Å². The number of rotatable bonds is 1. The first-order valence-electron chi connectivity index (χ1n) is 2.98. The van der Waals surface area contributed by atoms with Crippen LogP contribution in [0, 0.1) is 0 Å². The van der Waals surface area contributed by atoms with Crippen molar-refractivity contribution in [2.75, 3.05) is 0 Å². The molecule has 0 amide bonds. The fraction of sp³-hybridized carbons (Fsp3) is 0. The second kappa shape index (κ2) is 4.37. The van der Waals surface area contributed by atoms with Crippen molar-refractivity contribution in [1.29, 1.82) is 0 Å². The van der Waals surface area contributed by atoms with Gasteiger partial charge in [0.05, 0.1) is 25.7 Å². The average Bonchev–Trinajstić information content (AvgIpc) is 2.07. The van der Waals surface area contributed by atoms with Gasteiger partial charge in [-0.15, -0.1) is 0 Å². The SMILES string of the molecule is O=C(Br)c1cc(Cl)c(Cl)c(Cl)c1Cl. The van der Waals surface area contributed by atoms with Crippen LogP contribution in [-0.2, 0) is 0 Å². The third kappa shape index (κ3) is 2.31. The molecular formula is C7HBrCl4O. The van der Waals surface area contributed by atoms with Gasteiger partial charge in [-0.2, -0.15) is 0 Å². The molecule has 70 valence electrons. The van der Waals surface area contributed by atoms with Crippen molar-refractivity contribution in [1.82, 2.24) is 0 Å². The van der Waals surface area contributed by atoms with Crippen molar-refractivity contribution in [3.8, 4) is 0 Å². The van der Waals surface area contributed by atoms with Gasteiger partial charge in [0.15, 0.2) is 0 Å². The Morgan fingerprint density at radius 2 is 1.62 bits per heavy atom.